The van der Waals surface area contributed by atoms with Crippen LogP contribution >= 0.6 is 0 Å². The summed E-state index contributed by atoms with van der Waals surface area (Å²) in [7, 11) is 0. The Labute approximate surface area is 204 Å². The monoisotopic (exact) mass is 472 g/mol. The van der Waals surface area contributed by atoms with E-state index in [4.69, 9.17) is 14.6 Å². The van der Waals surface area contributed by atoms with Gasteiger partial charge in [-0.1, -0.05) is 53.7 Å². The fraction of sp³-hybridized carbons (Fsp3) is 0.552. The molecule has 34 heavy (non-hydrogen) atoms. The van der Waals surface area contributed by atoms with E-state index in [1.807, 2.05) is 65.8 Å². The smallest absolute Gasteiger partial charge is 0.307 e. The Hall–Kier alpha value is -2.56. The van der Waals surface area contributed by atoms with Gasteiger partial charge >= 0.3 is 5.97 Å². The zero-order chi connectivity index (χ0) is 25.3. The van der Waals surface area contributed by atoms with Crippen LogP contribution in [-0.2, 0) is 17.8 Å². The zero-order valence-electron chi connectivity index (χ0n) is 21.6. The van der Waals surface area contributed by atoms with E-state index < -0.39 is 5.97 Å². The van der Waals surface area contributed by atoms with Crippen molar-refractivity contribution in [2.24, 2.45) is 5.92 Å². The molecule has 2 aliphatic carbocycles. The number of aliphatic carboxylic acids is 1. The Bertz CT molecular complexity index is 916. The number of ether oxygens (including phenoxy) is 2. The van der Waals surface area contributed by atoms with Crippen molar-refractivity contribution in [3.05, 3.63) is 58.9 Å². The fourth-order valence-corrected chi connectivity index (χ4v) is 4.79. The maximum atomic E-state index is 14.1. The van der Waals surface area contributed by atoms with Gasteiger partial charge in [0.25, 0.3) is 0 Å². The number of rotatable bonds is 5. The number of carbonyl (C=O) groups is 1. The summed E-state index contributed by atoms with van der Waals surface area (Å²) < 4.78 is 26.3. The Morgan fingerprint density at radius 3 is 2.24 bits per heavy atom. The molecule has 1 heterocycles. The van der Waals surface area contributed by atoms with Gasteiger partial charge in [-0.15, -0.1) is 0 Å². The van der Waals surface area contributed by atoms with Crippen LogP contribution in [0.5, 0.6) is 11.5 Å². The largest absolute Gasteiger partial charge is 0.489 e. The van der Waals surface area contributed by atoms with E-state index in [-0.39, 0.29) is 29.9 Å². The molecular weight excluding hydrogens is 431 g/mol. The van der Waals surface area contributed by atoms with Gasteiger partial charge in [-0.25, -0.2) is 4.39 Å². The molecule has 2 saturated carbocycles. The van der Waals surface area contributed by atoms with Crippen LogP contribution in [0.4, 0.5) is 4.39 Å². The molecule has 1 N–H and O–H groups in total. The number of benzene rings is 2. The van der Waals surface area contributed by atoms with Crippen molar-refractivity contribution < 1.29 is 23.8 Å². The van der Waals surface area contributed by atoms with E-state index in [1.165, 1.54) is 18.9 Å². The van der Waals surface area contributed by atoms with Crippen molar-refractivity contribution in [3.63, 3.8) is 0 Å². The predicted octanol–water partition coefficient (Wildman–Crippen LogP) is 7.92. The normalized spacial score (nSPS) is 20.3. The second kappa shape index (κ2) is 12.8. The lowest BCUT2D eigenvalue weighted by Crippen LogP contribution is -2.30. The van der Waals surface area contributed by atoms with Crippen molar-refractivity contribution in [2.45, 2.75) is 98.2 Å². The molecule has 2 aromatic carbocycles. The van der Waals surface area contributed by atoms with Crippen LogP contribution in [0.2, 0.25) is 0 Å². The summed E-state index contributed by atoms with van der Waals surface area (Å²) in [5, 5.41) is 9.06. The predicted molar refractivity (Wildman–Crippen MR) is 135 cm³/mol. The lowest BCUT2D eigenvalue weighted by Gasteiger charge is -2.23. The maximum absolute atomic E-state index is 14.1. The van der Waals surface area contributed by atoms with Crippen molar-refractivity contribution in [2.75, 3.05) is 0 Å². The number of hydrogen-bond acceptors (Lipinski definition) is 3. The molecule has 2 unspecified atom stereocenters. The quantitative estimate of drug-likeness (QED) is 0.480. The van der Waals surface area contributed by atoms with Gasteiger partial charge in [-0.05, 0) is 67.9 Å². The van der Waals surface area contributed by atoms with Crippen molar-refractivity contribution in [3.8, 4) is 11.5 Å². The number of fused-ring (bicyclic) bond motifs is 1. The van der Waals surface area contributed by atoms with Crippen LogP contribution in [0, 0.1) is 11.7 Å². The van der Waals surface area contributed by atoms with Gasteiger partial charge in [0.15, 0.2) is 0 Å². The summed E-state index contributed by atoms with van der Waals surface area (Å²) in [6, 6.07) is 10.6. The number of carboxylic acid groups (broad SMARTS) is 1. The summed E-state index contributed by atoms with van der Waals surface area (Å²) in [5.74, 6) is 0.339. The van der Waals surface area contributed by atoms with Crippen LogP contribution in [0.15, 0.2) is 36.4 Å². The van der Waals surface area contributed by atoms with Gasteiger partial charge in [0.2, 0.25) is 0 Å². The minimum Gasteiger partial charge on any atom is -0.489 e. The molecule has 5 heteroatoms. The number of hydrogen-bond donors (Lipinski definition) is 1. The van der Waals surface area contributed by atoms with Crippen LogP contribution in [0.1, 0.15) is 96.3 Å². The molecule has 2 aromatic rings. The molecule has 0 bridgehead atoms. The van der Waals surface area contributed by atoms with E-state index in [0.717, 1.165) is 41.7 Å². The van der Waals surface area contributed by atoms with Gasteiger partial charge in [-0.3, -0.25) is 4.79 Å². The number of halogens is 1. The van der Waals surface area contributed by atoms with Crippen molar-refractivity contribution >= 4 is 5.97 Å². The number of carboxylic acids is 1. The third-order valence-corrected chi connectivity index (χ3v) is 6.36. The van der Waals surface area contributed by atoms with Gasteiger partial charge in [-0.2, -0.15) is 0 Å². The minimum atomic E-state index is -0.731. The van der Waals surface area contributed by atoms with Gasteiger partial charge in [0, 0.05) is 17.5 Å². The summed E-state index contributed by atoms with van der Waals surface area (Å²) >= 11 is 0. The van der Waals surface area contributed by atoms with Crippen molar-refractivity contribution in [1.29, 1.82) is 0 Å². The standard InChI is InChI=1S/C23H23FO4.3C2H6/c24-17-9-15-12-23(7-1-2-8-23)28-21(15)16(10-17)13-27-18-5-3-14(4-6-18)19-11-20(19)22(25)26;3*1-2/h3-6,9-10,19-20H,1-2,7-8,11-13H2,(H,25,26);3*1-2H3. The first-order valence-corrected chi connectivity index (χ1v) is 13.0. The molecule has 1 aliphatic heterocycles. The van der Waals surface area contributed by atoms with E-state index in [0.29, 0.717) is 12.2 Å². The Balaban J connectivity index is 0.000000633. The van der Waals surface area contributed by atoms with Crippen molar-refractivity contribution in [1.82, 2.24) is 0 Å². The lowest BCUT2D eigenvalue weighted by atomic mass is 9.95. The van der Waals surface area contributed by atoms with Crippen LogP contribution in [-0.4, -0.2) is 16.7 Å². The Morgan fingerprint density at radius 2 is 1.68 bits per heavy atom. The SMILES string of the molecule is CC.CC.CC.O=C(O)C1CC1c1ccc(OCc2cc(F)cc3c2OC2(CCCC2)C3)cc1. The zero-order valence-corrected chi connectivity index (χ0v) is 21.6. The molecule has 2 atom stereocenters. The van der Waals surface area contributed by atoms with Gasteiger partial charge in [0.05, 0.1) is 5.92 Å². The molecule has 5 rings (SSSR count). The average molecular weight is 473 g/mol. The van der Waals surface area contributed by atoms with Crippen LogP contribution < -0.4 is 9.47 Å². The molecule has 0 amide bonds. The summed E-state index contributed by atoms with van der Waals surface area (Å²) in [6.45, 7) is 12.2. The van der Waals surface area contributed by atoms with E-state index in [2.05, 4.69) is 0 Å². The molecular formula is C29H41FO4. The maximum Gasteiger partial charge on any atom is 0.307 e. The average Bonchev–Trinajstić information content (AvgIpc) is 3.43. The molecule has 2 fully saturated rings. The van der Waals surface area contributed by atoms with Gasteiger partial charge in [0.1, 0.15) is 29.5 Å². The highest BCUT2D eigenvalue weighted by molar-refractivity contribution is 5.75. The Morgan fingerprint density at radius 1 is 1.06 bits per heavy atom. The summed E-state index contributed by atoms with van der Waals surface area (Å²) in [5.41, 5.74) is 2.58. The first kappa shape index (κ1) is 27.7. The molecule has 188 valence electrons. The molecule has 0 saturated heterocycles. The molecule has 3 aliphatic rings. The highest BCUT2D eigenvalue weighted by atomic mass is 19.1. The van der Waals surface area contributed by atoms with Crippen LogP contribution in [0.3, 0.4) is 0 Å². The second-order valence-electron chi connectivity index (χ2n) is 8.37. The minimum absolute atomic E-state index is 0.106. The second-order valence-corrected chi connectivity index (χ2v) is 8.37. The highest BCUT2D eigenvalue weighted by Crippen LogP contribution is 2.48. The lowest BCUT2D eigenvalue weighted by molar-refractivity contribution is -0.138. The molecule has 4 nitrogen and oxygen atoms in total. The third-order valence-electron chi connectivity index (χ3n) is 6.36. The Kier molecular flexibility index (Phi) is 10.4. The first-order valence-electron chi connectivity index (χ1n) is 13.0. The van der Waals surface area contributed by atoms with E-state index in [1.54, 1.807) is 6.07 Å². The van der Waals surface area contributed by atoms with Gasteiger partial charge < -0.3 is 14.6 Å². The molecule has 1 spiro atoms. The summed E-state index contributed by atoms with van der Waals surface area (Å²) in [6.07, 6.45) is 5.88. The van der Waals surface area contributed by atoms with E-state index >= 15 is 0 Å². The topological polar surface area (TPSA) is 55.8 Å². The third kappa shape index (κ3) is 6.31. The molecule has 0 radical (unpaired) electrons. The first-order chi connectivity index (χ1) is 16.5. The molecule has 0 aromatic heterocycles. The van der Waals surface area contributed by atoms with E-state index in [9.17, 15) is 9.18 Å². The fourth-order valence-electron chi connectivity index (χ4n) is 4.79. The highest BCUT2D eigenvalue weighted by Gasteiger charge is 2.44. The van der Waals surface area contributed by atoms with Crippen LogP contribution in [0.25, 0.3) is 0 Å². The summed E-state index contributed by atoms with van der Waals surface area (Å²) in [4.78, 5) is 11.0.